The molecule has 0 aromatic heterocycles. The molecule has 0 saturated carbocycles. The normalized spacial score (nSPS) is 14.4. The molecule has 0 bridgehead atoms. The van der Waals surface area contributed by atoms with Crippen molar-refractivity contribution in [3.63, 3.8) is 0 Å². The molecule has 17 nitrogen and oxygen atoms in total. The summed E-state index contributed by atoms with van der Waals surface area (Å²) in [4.78, 5) is 73.1. The number of rotatable bonds is 84. The Kier molecular flexibility index (Phi) is 74.7. The summed E-state index contributed by atoms with van der Waals surface area (Å²) >= 11 is 0. The first kappa shape index (κ1) is 103. The Bertz CT molecular complexity index is 2030. The first-order valence-electron chi connectivity index (χ1n) is 44.4. The molecule has 0 aliphatic carbocycles. The maximum absolute atomic E-state index is 13.1. The third-order valence-electron chi connectivity index (χ3n) is 20.9. The van der Waals surface area contributed by atoms with Crippen LogP contribution in [0.2, 0.25) is 0 Å². The number of esters is 4. The van der Waals surface area contributed by atoms with Gasteiger partial charge in [-0.05, 0) is 43.4 Å². The van der Waals surface area contributed by atoms with Gasteiger partial charge in [0, 0.05) is 25.7 Å². The van der Waals surface area contributed by atoms with E-state index in [2.05, 4.69) is 48.5 Å². The van der Waals surface area contributed by atoms with Crippen LogP contribution in [0.5, 0.6) is 0 Å². The van der Waals surface area contributed by atoms with E-state index in [0.717, 1.165) is 108 Å². The molecule has 0 amide bonds. The van der Waals surface area contributed by atoms with Gasteiger partial charge in [-0.1, -0.05) is 402 Å². The number of phosphoric acid groups is 2. The summed E-state index contributed by atoms with van der Waals surface area (Å²) in [6, 6.07) is 0. The molecule has 0 aliphatic heterocycles. The highest BCUT2D eigenvalue weighted by Crippen LogP contribution is 2.45. The van der Waals surface area contributed by atoms with Gasteiger partial charge in [0.1, 0.15) is 19.3 Å². The number of unbranched alkanes of at least 4 members (excludes halogenated alkanes) is 50. The maximum Gasteiger partial charge on any atom is 0.472 e. The number of hydrogen-bond donors (Lipinski definition) is 3. The standard InChI is InChI=1S/C86H168O17P2/c1-8-11-12-13-14-15-38-46-53-60-67-83(88)96-74-82(103-86(91)70-63-56-49-42-41-43-50-57-64-77(4)5)76-101-105(94,95)99-72-80(87)71-98-104(92,93)100-75-81(102-85(90)69-62-55-48-40-35-31-27-23-19-17-21-25-29-33-37-45-52-59-66-79(7)10-3)73-97-84(89)68-61-54-47-39-34-30-26-22-18-16-20-24-28-32-36-44-51-58-65-78(6)9-2/h77-82,87H,8-76H2,1-7H3,(H,92,93)(H,94,95)/t78?,79?,80-,81-,82-/m1/s1. The van der Waals surface area contributed by atoms with Gasteiger partial charge in [-0.3, -0.25) is 37.3 Å². The minimum absolute atomic E-state index is 0.105. The van der Waals surface area contributed by atoms with Gasteiger partial charge in [-0.15, -0.1) is 0 Å². The van der Waals surface area contributed by atoms with E-state index in [1.807, 2.05) is 0 Å². The Morgan fingerprint density at radius 2 is 0.486 bits per heavy atom. The molecule has 0 fully saturated rings. The number of aliphatic hydroxyl groups is 1. The predicted molar refractivity (Wildman–Crippen MR) is 432 cm³/mol. The van der Waals surface area contributed by atoms with Gasteiger partial charge in [0.15, 0.2) is 12.2 Å². The van der Waals surface area contributed by atoms with Crippen molar-refractivity contribution in [2.45, 2.75) is 471 Å². The Morgan fingerprint density at radius 3 is 0.724 bits per heavy atom. The van der Waals surface area contributed by atoms with Crippen LogP contribution in [0.15, 0.2) is 0 Å². The van der Waals surface area contributed by atoms with Crippen LogP contribution in [-0.4, -0.2) is 96.7 Å². The SMILES string of the molecule is CCCCCCCCCCCCC(=O)OC[C@H](COP(=O)(O)OC[C@H](O)COP(=O)(O)OC[C@@H](COC(=O)CCCCCCCCCCCCCCCCCCCCC(C)CC)OC(=O)CCCCCCCCCCCCCCCCCCCCC(C)CC)OC(=O)CCCCCCCCCCC(C)C. The monoisotopic (exact) mass is 1540 g/mol. The second-order valence-electron chi connectivity index (χ2n) is 31.9. The average Bonchev–Trinajstić information content (AvgIpc) is 0.908. The molecule has 0 saturated heterocycles. The van der Waals surface area contributed by atoms with Gasteiger partial charge < -0.3 is 33.8 Å². The van der Waals surface area contributed by atoms with E-state index in [-0.39, 0.29) is 25.7 Å². The van der Waals surface area contributed by atoms with Crippen LogP contribution in [0.3, 0.4) is 0 Å². The fraction of sp³-hybridized carbons (Fsp3) is 0.953. The number of ether oxygens (including phenoxy) is 4. The fourth-order valence-electron chi connectivity index (χ4n) is 13.3. The quantitative estimate of drug-likeness (QED) is 0.0222. The van der Waals surface area contributed by atoms with Crippen molar-refractivity contribution in [2.75, 3.05) is 39.6 Å². The van der Waals surface area contributed by atoms with E-state index in [1.165, 1.54) is 263 Å². The van der Waals surface area contributed by atoms with E-state index >= 15 is 0 Å². The molecule has 0 radical (unpaired) electrons. The van der Waals surface area contributed by atoms with Gasteiger partial charge >= 0.3 is 39.5 Å². The molecule has 4 unspecified atom stereocenters. The fourth-order valence-corrected chi connectivity index (χ4v) is 14.9. The Morgan fingerprint density at radius 1 is 0.276 bits per heavy atom. The van der Waals surface area contributed by atoms with Gasteiger partial charge in [-0.2, -0.15) is 0 Å². The van der Waals surface area contributed by atoms with Crippen molar-refractivity contribution in [2.24, 2.45) is 17.8 Å². The van der Waals surface area contributed by atoms with E-state index in [0.29, 0.717) is 25.7 Å². The van der Waals surface area contributed by atoms with Crippen LogP contribution >= 0.6 is 15.6 Å². The van der Waals surface area contributed by atoms with Gasteiger partial charge in [0.2, 0.25) is 0 Å². The number of carbonyl (C=O) groups is 4. The van der Waals surface area contributed by atoms with Crippen molar-refractivity contribution in [1.82, 2.24) is 0 Å². The van der Waals surface area contributed by atoms with Crippen LogP contribution < -0.4 is 0 Å². The second kappa shape index (κ2) is 76.1. The number of aliphatic hydroxyl groups excluding tert-OH is 1. The lowest BCUT2D eigenvalue weighted by Gasteiger charge is -2.21. The van der Waals surface area contributed by atoms with Crippen molar-refractivity contribution in [3.05, 3.63) is 0 Å². The van der Waals surface area contributed by atoms with E-state index < -0.39 is 97.5 Å². The minimum Gasteiger partial charge on any atom is -0.462 e. The lowest BCUT2D eigenvalue weighted by Crippen LogP contribution is -2.30. The zero-order chi connectivity index (χ0) is 77.2. The summed E-state index contributed by atoms with van der Waals surface area (Å²) in [7, 11) is -9.92. The topological polar surface area (TPSA) is 237 Å². The largest absolute Gasteiger partial charge is 0.472 e. The average molecular weight is 1540 g/mol. The summed E-state index contributed by atoms with van der Waals surface area (Å²) in [5.41, 5.74) is 0. The summed E-state index contributed by atoms with van der Waals surface area (Å²) in [6.07, 6.45) is 66.8. The van der Waals surface area contributed by atoms with E-state index in [4.69, 9.17) is 37.0 Å². The summed E-state index contributed by atoms with van der Waals surface area (Å²) in [5, 5.41) is 10.7. The highest BCUT2D eigenvalue weighted by atomic mass is 31.2. The Labute approximate surface area is 645 Å². The molecule has 19 heteroatoms. The van der Waals surface area contributed by atoms with Crippen LogP contribution in [0.25, 0.3) is 0 Å². The Balaban J connectivity index is 5.18. The van der Waals surface area contributed by atoms with Crippen LogP contribution in [0.1, 0.15) is 453 Å². The van der Waals surface area contributed by atoms with Crippen molar-refractivity contribution < 1.29 is 80.2 Å². The third kappa shape index (κ3) is 77.2. The van der Waals surface area contributed by atoms with Gasteiger partial charge in [0.25, 0.3) is 0 Å². The summed E-state index contributed by atoms with van der Waals surface area (Å²) in [5.74, 6) is 0.355. The molecule has 0 spiro atoms. The maximum atomic E-state index is 13.1. The molecule has 0 aliphatic rings. The molecule has 3 N–H and O–H groups in total. The molecule has 0 aromatic rings. The first-order valence-corrected chi connectivity index (χ1v) is 47.4. The third-order valence-corrected chi connectivity index (χ3v) is 22.8. The molecule has 7 atom stereocenters. The zero-order valence-electron chi connectivity index (χ0n) is 69.2. The lowest BCUT2D eigenvalue weighted by molar-refractivity contribution is -0.161. The van der Waals surface area contributed by atoms with Crippen molar-refractivity contribution in [1.29, 1.82) is 0 Å². The van der Waals surface area contributed by atoms with Crippen LogP contribution in [-0.2, 0) is 65.4 Å². The molecule has 0 aromatic carbocycles. The van der Waals surface area contributed by atoms with Crippen molar-refractivity contribution >= 4 is 39.5 Å². The molecule has 624 valence electrons. The lowest BCUT2D eigenvalue weighted by atomic mass is 9.99. The smallest absolute Gasteiger partial charge is 0.462 e. The van der Waals surface area contributed by atoms with Crippen molar-refractivity contribution in [3.8, 4) is 0 Å². The van der Waals surface area contributed by atoms with Gasteiger partial charge in [-0.25, -0.2) is 9.13 Å². The summed E-state index contributed by atoms with van der Waals surface area (Å²) in [6.45, 7) is 12.0. The molecule has 0 heterocycles. The highest BCUT2D eigenvalue weighted by molar-refractivity contribution is 7.47. The second-order valence-corrected chi connectivity index (χ2v) is 34.8. The number of carbonyl (C=O) groups excluding carboxylic acids is 4. The van der Waals surface area contributed by atoms with E-state index in [1.54, 1.807) is 0 Å². The zero-order valence-corrected chi connectivity index (χ0v) is 71.0. The molecule has 0 rings (SSSR count). The Hall–Kier alpha value is -1.94. The number of phosphoric ester groups is 2. The predicted octanol–water partition coefficient (Wildman–Crippen LogP) is 26.1. The first-order chi connectivity index (χ1) is 50.8. The molecular formula is C86H168O17P2. The summed E-state index contributed by atoms with van der Waals surface area (Å²) < 4.78 is 68.8. The minimum atomic E-state index is -4.97. The highest BCUT2D eigenvalue weighted by Gasteiger charge is 2.30. The van der Waals surface area contributed by atoms with Crippen LogP contribution in [0, 0.1) is 17.8 Å². The van der Waals surface area contributed by atoms with Crippen LogP contribution in [0.4, 0.5) is 0 Å². The molecular weight excluding hydrogens is 1370 g/mol. The van der Waals surface area contributed by atoms with Gasteiger partial charge in [0.05, 0.1) is 26.4 Å². The van der Waals surface area contributed by atoms with E-state index in [9.17, 15) is 43.2 Å². The molecule has 105 heavy (non-hydrogen) atoms. The number of hydrogen-bond acceptors (Lipinski definition) is 15.